The zero-order valence-corrected chi connectivity index (χ0v) is 21.6. The standard InChI is InChI=1S/C18H13NO2.C13H18O5/c1-2-18(20)21-19-12-17-15-9-5-3-7-13(15)11-14-8-4-6-10-16(14)17;1-9(12(14)15)4-3-7-17-13(16)10(2)5-6-11-8-18-11/h2-12H,1H2;11H,1-8H2,(H,14,15). The van der Waals surface area contributed by atoms with E-state index in [1.54, 1.807) is 6.21 Å². The molecule has 0 amide bonds. The Morgan fingerprint density at radius 2 is 1.62 bits per heavy atom. The first kappa shape index (κ1) is 29.0. The number of oxime groups is 1. The Hall–Kier alpha value is -4.56. The highest BCUT2D eigenvalue weighted by atomic mass is 16.7. The number of nitrogens with zero attached hydrogens (tertiary/aromatic N) is 1. The molecule has 0 aromatic heterocycles. The van der Waals surface area contributed by atoms with Crippen LogP contribution in [0.4, 0.5) is 0 Å². The lowest BCUT2D eigenvalue weighted by atomic mass is 9.97. The van der Waals surface area contributed by atoms with E-state index in [0.717, 1.165) is 46.2 Å². The highest BCUT2D eigenvalue weighted by Crippen LogP contribution is 2.27. The third-order valence-electron chi connectivity index (χ3n) is 5.92. The Morgan fingerprint density at radius 1 is 1.00 bits per heavy atom. The number of carboxylic acid groups (broad SMARTS) is 1. The van der Waals surface area contributed by atoms with Crippen molar-refractivity contribution in [3.8, 4) is 0 Å². The Balaban J connectivity index is 0.000000219. The molecule has 3 aromatic carbocycles. The van der Waals surface area contributed by atoms with Crippen LogP contribution in [0.2, 0.25) is 0 Å². The SMILES string of the molecule is C=C(CCCOC(=O)C(=C)CCC1CO1)C(=O)O.C=CC(=O)ON=Cc1c2ccccc2cc2ccccc12. The van der Waals surface area contributed by atoms with Crippen molar-refractivity contribution in [2.75, 3.05) is 13.2 Å². The van der Waals surface area contributed by atoms with Crippen LogP contribution in [-0.4, -0.2) is 48.5 Å². The van der Waals surface area contributed by atoms with E-state index in [2.05, 4.69) is 43.1 Å². The number of ether oxygens (including phenoxy) is 2. The first-order chi connectivity index (χ1) is 18.8. The van der Waals surface area contributed by atoms with Crippen LogP contribution in [0.25, 0.3) is 21.5 Å². The molecule has 1 aliphatic heterocycles. The van der Waals surface area contributed by atoms with Crippen molar-refractivity contribution >= 4 is 45.7 Å². The smallest absolute Gasteiger partial charge is 0.357 e. The number of hydrogen-bond donors (Lipinski definition) is 1. The second kappa shape index (κ2) is 14.4. The van der Waals surface area contributed by atoms with Gasteiger partial charge >= 0.3 is 17.9 Å². The fraction of sp³-hybridized carbons (Fsp3) is 0.226. The van der Waals surface area contributed by atoms with Crippen LogP contribution < -0.4 is 0 Å². The van der Waals surface area contributed by atoms with Gasteiger partial charge in [0.1, 0.15) is 0 Å². The number of fused-ring (bicyclic) bond motifs is 2. The minimum absolute atomic E-state index is 0.121. The topological polar surface area (TPSA) is 115 Å². The van der Waals surface area contributed by atoms with Crippen molar-refractivity contribution < 1.29 is 33.8 Å². The number of esters is 1. The maximum absolute atomic E-state index is 11.5. The van der Waals surface area contributed by atoms with Gasteiger partial charge in [-0.1, -0.05) is 73.4 Å². The van der Waals surface area contributed by atoms with Gasteiger partial charge in [-0.3, -0.25) is 0 Å². The summed E-state index contributed by atoms with van der Waals surface area (Å²) in [7, 11) is 0. The molecule has 1 saturated heterocycles. The minimum Gasteiger partial charge on any atom is -0.478 e. The molecule has 1 heterocycles. The molecule has 1 atom stereocenters. The largest absolute Gasteiger partial charge is 0.478 e. The van der Waals surface area contributed by atoms with Crippen LogP contribution in [0.1, 0.15) is 31.2 Å². The highest BCUT2D eigenvalue weighted by molar-refractivity contribution is 6.13. The molecule has 8 nitrogen and oxygen atoms in total. The van der Waals surface area contributed by atoms with Crippen LogP contribution >= 0.6 is 0 Å². The molecule has 4 rings (SSSR count). The van der Waals surface area contributed by atoms with Crippen molar-refractivity contribution in [1.82, 2.24) is 0 Å². The van der Waals surface area contributed by atoms with Crippen molar-refractivity contribution in [1.29, 1.82) is 0 Å². The lowest BCUT2D eigenvalue weighted by molar-refractivity contribution is -0.139. The molecule has 1 fully saturated rings. The molecular formula is C31H31NO7. The molecule has 0 spiro atoms. The molecule has 0 radical (unpaired) electrons. The Morgan fingerprint density at radius 3 is 2.18 bits per heavy atom. The maximum atomic E-state index is 11.5. The summed E-state index contributed by atoms with van der Waals surface area (Å²) in [5, 5.41) is 16.7. The Labute approximate surface area is 226 Å². The summed E-state index contributed by atoms with van der Waals surface area (Å²) in [6, 6.07) is 18.2. The van der Waals surface area contributed by atoms with Gasteiger partial charge in [0.2, 0.25) is 0 Å². The molecule has 202 valence electrons. The third kappa shape index (κ3) is 9.05. The average Bonchev–Trinajstić information content (AvgIpc) is 3.78. The predicted molar refractivity (Wildman–Crippen MR) is 150 cm³/mol. The molecule has 39 heavy (non-hydrogen) atoms. The number of carbonyl (C=O) groups excluding carboxylic acids is 2. The third-order valence-corrected chi connectivity index (χ3v) is 5.92. The van der Waals surface area contributed by atoms with Gasteiger partial charge in [0.05, 0.1) is 25.5 Å². The van der Waals surface area contributed by atoms with Crippen LogP contribution in [-0.2, 0) is 28.7 Å². The first-order valence-corrected chi connectivity index (χ1v) is 12.4. The van der Waals surface area contributed by atoms with Gasteiger partial charge in [-0.25, -0.2) is 14.4 Å². The summed E-state index contributed by atoms with van der Waals surface area (Å²) in [4.78, 5) is 37.7. The van der Waals surface area contributed by atoms with E-state index in [-0.39, 0.29) is 18.3 Å². The molecule has 1 N–H and O–H groups in total. The lowest BCUT2D eigenvalue weighted by Gasteiger charge is -2.07. The van der Waals surface area contributed by atoms with E-state index < -0.39 is 17.9 Å². The zero-order valence-electron chi connectivity index (χ0n) is 21.6. The van der Waals surface area contributed by atoms with Gasteiger partial charge in [-0.05, 0) is 53.3 Å². The van der Waals surface area contributed by atoms with Crippen molar-refractivity contribution in [3.05, 3.63) is 97.1 Å². The van der Waals surface area contributed by atoms with Crippen LogP contribution in [0.5, 0.6) is 0 Å². The predicted octanol–water partition coefficient (Wildman–Crippen LogP) is 5.74. The highest BCUT2D eigenvalue weighted by Gasteiger charge is 2.23. The van der Waals surface area contributed by atoms with Crippen LogP contribution in [0, 0.1) is 0 Å². The van der Waals surface area contributed by atoms with Gasteiger partial charge in [0.15, 0.2) is 0 Å². The summed E-state index contributed by atoms with van der Waals surface area (Å²) in [6.07, 6.45) is 5.06. The molecular weight excluding hydrogens is 498 g/mol. The van der Waals surface area contributed by atoms with E-state index >= 15 is 0 Å². The number of aliphatic carboxylic acids is 1. The van der Waals surface area contributed by atoms with Crippen molar-refractivity contribution in [2.24, 2.45) is 5.16 Å². The van der Waals surface area contributed by atoms with E-state index in [1.807, 2.05) is 36.4 Å². The second-order valence-corrected chi connectivity index (χ2v) is 8.83. The molecule has 1 unspecified atom stereocenters. The van der Waals surface area contributed by atoms with E-state index in [1.165, 1.54) is 0 Å². The van der Waals surface area contributed by atoms with Crippen LogP contribution in [0.15, 0.2) is 96.7 Å². The van der Waals surface area contributed by atoms with Crippen molar-refractivity contribution in [2.45, 2.75) is 31.8 Å². The lowest BCUT2D eigenvalue weighted by Crippen LogP contribution is -2.09. The van der Waals surface area contributed by atoms with Gasteiger partial charge < -0.3 is 19.4 Å². The number of epoxide rings is 1. The molecule has 0 saturated carbocycles. The summed E-state index contributed by atoms with van der Waals surface area (Å²) < 4.78 is 10.0. The Kier molecular flexibility index (Phi) is 10.7. The molecule has 1 aliphatic rings. The normalized spacial score (nSPS) is 13.8. The van der Waals surface area contributed by atoms with Gasteiger partial charge in [-0.2, -0.15) is 0 Å². The molecule has 0 aliphatic carbocycles. The van der Waals surface area contributed by atoms with Gasteiger partial charge in [0, 0.05) is 22.8 Å². The Bertz CT molecular complexity index is 1360. The maximum Gasteiger partial charge on any atom is 0.357 e. The van der Waals surface area contributed by atoms with E-state index in [4.69, 9.17) is 19.4 Å². The summed E-state index contributed by atoms with van der Waals surface area (Å²) in [5.74, 6) is -2.01. The van der Waals surface area contributed by atoms with E-state index in [9.17, 15) is 14.4 Å². The second-order valence-electron chi connectivity index (χ2n) is 8.83. The fourth-order valence-electron chi connectivity index (χ4n) is 3.69. The fourth-order valence-corrected chi connectivity index (χ4v) is 3.69. The summed E-state index contributed by atoms with van der Waals surface area (Å²) >= 11 is 0. The van der Waals surface area contributed by atoms with Crippen molar-refractivity contribution in [3.63, 3.8) is 0 Å². The first-order valence-electron chi connectivity index (χ1n) is 12.4. The average molecular weight is 530 g/mol. The van der Waals surface area contributed by atoms with E-state index in [0.29, 0.717) is 24.8 Å². The van der Waals surface area contributed by atoms with Gasteiger partial charge in [-0.15, -0.1) is 0 Å². The number of carbonyl (C=O) groups is 3. The number of hydrogen-bond acceptors (Lipinski definition) is 7. The number of rotatable bonds is 12. The monoisotopic (exact) mass is 529 g/mol. The van der Waals surface area contributed by atoms with Crippen LogP contribution in [0.3, 0.4) is 0 Å². The zero-order chi connectivity index (χ0) is 28.2. The number of carboxylic acids is 1. The summed E-state index contributed by atoms with van der Waals surface area (Å²) in [5.41, 5.74) is 1.49. The quantitative estimate of drug-likeness (QED) is 0.0465. The molecule has 3 aromatic rings. The number of benzene rings is 3. The molecule has 0 bridgehead atoms. The minimum atomic E-state index is -1.02. The van der Waals surface area contributed by atoms with Gasteiger partial charge in [0.25, 0.3) is 0 Å². The summed E-state index contributed by atoms with van der Waals surface area (Å²) in [6.45, 7) is 11.3. The molecule has 8 heteroatoms.